The Labute approximate surface area is 169 Å². The lowest BCUT2D eigenvalue weighted by molar-refractivity contribution is -0.122. The Bertz CT molecular complexity index is 937. The van der Waals surface area contributed by atoms with Gasteiger partial charge in [-0.25, -0.2) is 8.78 Å². The molecular formula is C19H16ClF2N3O2S. The molecule has 4 rings (SSSR count). The zero-order chi connectivity index (χ0) is 20.3. The zero-order valence-electron chi connectivity index (χ0n) is 14.4. The van der Waals surface area contributed by atoms with E-state index < -0.39 is 5.83 Å². The highest BCUT2D eigenvalue weighted by Crippen LogP contribution is 2.54. The normalized spacial score (nSPS) is 23.0. The van der Waals surface area contributed by atoms with E-state index in [0.717, 1.165) is 6.42 Å². The molecule has 1 saturated carbocycles. The molecule has 0 saturated heterocycles. The van der Waals surface area contributed by atoms with Gasteiger partial charge in [0.05, 0.1) is 16.8 Å². The van der Waals surface area contributed by atoms with E-state index in [4.69, 9.17) is 27.2 Å². The molecule has 1 aromatic heterocycles. The van der Waals surface area contributed by atoms with Crippen LogP contribution in [0.4, 0.5) is 8.78 Å². The van der Waals surface area contributed by atoms with Gasteiger partial charge in [-0.05, 0) is 48.2 Å². The molecule has 3 N–H and O–H groups in total. The van der Waals surface area contributed by atoms with Gasteiger partial charge in [-0.15, -0.1) is 0 Å². The van der Waals surface area contributed by atoms with Gasteiger partial charge in [-0.2, -0.15) is 0 Å². The summed E-state index contributed by atoms with van der Waals surface area (Å²) in [5, 5.41) is 8.22. The monoisotopic (exact) mass is 423 g/mol. The molecule has 0 bridgehead atoms. The van der Waals surface area contributed by atoms with Crippen molar-refractivity contribution in [1.82, 2.24) is 4.98 Å². The fourth-order valence-electron chi connectivity index (χ4n) is 2.99. The number of aromatic nitrogens is 1. The molecule has 2 aliphatic rings. The molecule has 1 fully saturated rings. The Hall–Kier alpha value is -2.45. The minimum Gasteiger partial charge on any atom is -0.483 e. The van der Waals surface area contributed by atoms with Crippen LogP contribution in [-0.4, -0.2) is 27.0 Å². The van der Waals surface area contributed by atoms with Gasteiger partial charge in [0.1, 0.15) is 11.6 Å². The zero-order valence-corrected chi connectivity index (χ0v) is 16.0. The fourth-order valence-corrected chi connectivity index (χ4v) is 4.23. The molecule has 0 amide bonds. The Morgan fingerprint density at radius 2 is 2.11 bits per heavy atom. The van der Waals surface area contributed by atoms with Crippen molar-refractivity contribution in [1.29, 1.82) is 0 Å². The maximum absolute atomic E-state index is 14.4. The van der Waals surface area contributed by atoms with E-state index >= 15 is 0 Å². The molecule has 3 atom stereocenters. The van der Waals surface area contributed by atoms with Crippen molar-refractivity contribution in [3.8, 4) is 0 Å². The summed E-state index contributed by atoms with van der Waals surface area (Å²) in [6.07, 6.45) is 3.68. The molecule has 2 heterocycles. The second-order valence-electron chi connectivity index (χ2n) is 6.21. The van der Waals surface area contributed by atoms with E-state index in [0.29, 0.717) is 32.5 Å². The minimum atomic E-state index is -0.513. The summed E-state index contributed by atoms with van der Waals surface area (Å²) in [6.45, 7) is -0.250. The molecule has 28 heavy (non-hydrogen) atoms. The lowest BCUT2D eigenvalue weighted by atomic mass is 9.99. The van der Waals surface area contributed by atoms with Gasteiger partial charge >= 0.3 is 0 Å². The summed E-state index contributed by atoms with van der Waals surface area (Å²) in [7, 11) is 0. The predicted octanol–water partition coefficient (Wildman–Crippen LogP) is 4.53. The quantitative estimate of drug-likeness (QED) is 0.708. The Balaban J connectivity index is 0.000000706. The average Bonchev–Trinajstić information content (AvgIpc) is 3.43. The SMILES string of the molecule is NC1=NC(c2cc(/C=C(\F)c3ccc(Cl)cn3)ccc2F)C2CC2S1.O=CO. The van der Waals surface area contributed by atoms with Crippen molar-refractivity contribution in [3.05, 3.63) is 64.2 Å². The molecule has 5 nitrogen and oxygen atoms in total. The Morgan fingerprint density at radius 1 is 1.36 bits per heavy atom. The number of thioether (sulfide) groups is 1. The number of benzene rings is 1. The standard InChI is InChI=1S/C18H14ClF2N3S.CH2O2/c19-10-2-4-15(23-8-10)14(21)6-9-1-3-13(20)11(5-9)17-12-7-16(12)25-18(22)24-17;2-1-3/h1-6,8,12,16-17H,7H2,(H2,22,24);1H,(H,2,3)/b14-6-;. The number of amidine groups is 1. The van der Waals surface area contributed by atoms with Crippen LogP contribution in [0.2, 0.25) is 5.02 Å². The molecular weight excluding hydrogens is 408 g/mol. The maximum atomic E-state index is 14.4. The third-order valence-corrected chi connectivity index (χ3v) is 5.74. The van der Waals surface area contributed by atoms with E-state index in [2.05, 4.69) is 9.98 Å². The first-order valence-electron chi connectivity index (χ1n) is 8.29. The highest BCUT2D eigenvalue weighted by molar-refractivity contribution is 8.14. The number of nitrogens with zero attached hydrogens (tertiary/aromatic N) is 2. The Kier molecular flexibility index (Phi) is 6.31. The lowest BCUT2D eigenvalue weighted by Gasteiger charge is -2.19. The first-order chi connectivity index (χ1) is 13.4. The summed E-state index contributed by atoms with van der Waals surface area (Å²) in [6, 6.07) is 7.28. The molecule has 3 unspecified atom stereocenters. The van der Waals surface area contributed by atoms with Crippen LogP contribution >= 0.6 is 23.4 Å². The summed E-state index contributed by atoms with van der Waals surface area (Å²) >= 11 is 7.31. The van der Waals surface area contributed by atoms with Crippen molar-refractivity contribution in [3.63, 3.8) is 0 Å². The van der Waals surface area contributed by atoms with E-state index in [-0.39, 0.29) is 24.0 Å². The van der Waals surface area contributed by atoms with E-state index in [1.54, 1.807) is 23.9 Å². The second kappa shape index (κ2) is 8.70. The third kappa shape index (κ3) is 4.69. The topological polar surface area (TPSA) is 88.6 Å². The number of nitrogens with two attached hydrogens (primary N) is 1. The molecule has 2 aromatic rings. The first-order valence-corrected chi connectivity index (χ1v) is 9.55. The van der Waals surface area contributed by atoms with Crippen molar-refractivity contribution >= 4 is 46.9 Å². The van der Waals surface area contributed by atoms with Crippen molar-refractivity contribution < 1.29 is 18.7 Å². The number of fused-ring (bicyclic) bond motifs is 1. The predicted molar refractivity (Wildman–Crippen MR) is 107 cm³/mol. The highest BCUT2D eigenvalue weighted by atomic mass is 35.5. The van der Waals surface area contributed by atoms with Crippen LogP contribution in [0.1, 0.15) is 29.3 Å². The first kappa shape index (κ1) is 20.3. The lowest BCUT2D eigenvalue weighted by Crippen LogP contribution is -2.17. The van der Waals surface area contributed by atoms with E-state index in [9.17, 15) is 8.78 Å². The third-order valence-electron chi connectivity index (χ3n) is 4.33. The summed E-state index contributed by atoms with van der Waals surface area (Å²) in [5.74, 6) is -0.559. The number of pyridine rings is 1. The fraction of sp³-hybridized carbons (Fsp3) is 0.211. The number of aliphatic imine (C=N–C) groups is 1. The summed E-state index contributed by atoms with van der Waals surface area (Å²) < 4.78 is 28.7. The van der Waals surface area contributed by atoms with Gasteiger partial charge in [0.25, 0.3) is 6.47 Å². The van der Waals surface area contributed by atoms with Gasteiger partial charge in [0.2, 0.25) is 0 Å². The van der Waals surface area contributed by atoms with E-state index in [1.165, 1.54) is 30.5 Å². The number of hydrogen-bond acceptors (Lipinski definition) is 5. The minimum absolute atomic E-state index is 0.175. The average molecular weight is 424 g/mol. The van der Waals surface area contributed by atoms with Crippen LogP contribution in [0.3, 0.4) is 0 Å². The second-order valence-corrected chi connectivity index (χ2v) is 7.90. The molecule has 0 radical (unpaired) electrons. The van der Waals surface area contributed by atoms with Crippen LogP contribution < -0.4 is 5.73 Å². The molecule has 146 valence electrons. The van der Waals surface area contributed by atoms with Gasteiger partial charge in [0.15, 0.2) is 5.17 Å². The maximum Gasteiger partial charge on any atom is 0.290 e. The number of carboxylic acid groups (broad SMARTS) is 1. The highest BCUT2D eigenvalue weighted by Gasteiger charge is 2.48. The smallest absolute Gasteiger partial charge is 0.290 e. The number of rotatable bonds is 3. The van der Waals surface area contributed by atoms with Gasteiger partial charge in [-0.1, -0.05) is 29.4 Å². The van der Waals surface area contributed by atoms with Crippen molar-refractivity contribution in [2.45, 2.75) is 17.7 Å². The largest absolute Gasteiger partial charge is 0.483 e. The summed E-state index contributed by atoms with van der Waals surface area (Å²) in [5.41, 5.74) is 7.02. The molecule has 1 aliphatic heterocycles. The molecule has 1 aromatic carbocycles. The number of halogens is 3. The summed E-state index contributed by atoms with van der Waals surface area (Å²) in [4.78, 5) is 16.7. The number of carbonyl (C=O) groups is 1. The number of hydrogen-bond donors (Lipinski definition) is 2. The van der Waals surface area contributed by atoms with E-state index in [1.807, 2.05) is 0 Å². The van der Waals surface area contributed by atoms with Gasteiger partial charge < -0.3 is 10.8 Å². The molecule has 0 spiro atoms. The van der Waals surface area contributed by atoms with Crippen molar-refractivity contribution in [2.75, 3.05) is 0 Å². The van der Waals surface area contributed by atoms with Crippen molar-refractivity contribution in [2.24, 2.45) is 16.6 Å². The molecule has 1 aliphatic carbocycles. The molecule has 9 heteroatoms. The van der Waals surface area contributed by atoms with Crippen LogP contribution in [0, 0.1) is 11.7 Å². The van der Waals surface area contributed by atoms with Gasteiger partial charge in [-0.3, -0.25) is 14.8 Å². The van der Waals surface area contributed by atoms with Crippen LogP contribution in [0.25, 0.3) is 11.9 Å². The van der Waals surface area contributed by atoms with Crippen LogP contribution in [0.15, 0.2) is 41.5 Å². The Morgan fingerprint density at radius 3 is 2.79 bits per heavy atom. The van der Waals surface area contributed by atoms with Crippen LogP contribution in [0.5, 0.6) is 0 Å². The van der Waals surface area contributed by atoms with Gasteiger partial charge in [0, 0.05) is 17.0 Å². The van der Waals surface area contributed by atoms with Crippen LogP contribution in [-0.2, 0) is 4.79 Å².